The van der Waals surface area contributed by atoms with Crippen molar-refractivity contribution >= 4 is 29.4 Å². The molecule has 2 N–H and O–H groups in total. The standard InChI is InChI=1S/C20H22N2O4S/c1-13-4-6-16(14(2)10-13)21-20(24)22-19(23)12-27-15-5-7-17-18(11-15)26-9-3-8-25-17/h4-7,10-11H,3,8-9,12H2,1-2H3,(H2,21,22,23,24). The quantitative estimate of drug-likeness (QED) is 0.779. The Morgan fingerprint density at radius 3 is 2.59 bits per heavy atom. The first-order chi connectivity index (χ1) is 13.0. The van der Waals surface area contributed by atoms with Crippen molar-refractivity contribution in [1.82, 2.24) is 5.32 Å². The number of ether oxygens (including phenoxy) is 2. The van der Waals surface area contributed by atoms with Crippen molar-refractivity contribution in [3.05, 3.63) is 47.5 Å². The van der Waals surface area contributed by atoms with Gasteiger partial charge in [-0.1, -0.05) is 17.7 Å². The van der Waals surface area contributed by atoms with E-state index in [1.54, 1.807) is 0 Å². The van der Waals surface area contributed by atoms with Gasteiger partial charge in [0, 0.05) is 17.0 Å². The van der Waals surface area contributed by atoms with Crippen molar-refractivity contribution in [1.29, 1.82) is 0 Å². The number of hydrogen-bond donors (Lipinski definition) is 2. The maximum Gasteiger partial charge on any atom is 0.325 e. The van der Waals surface area contributed by atoms with Gasteiger partial charge < -0.3 is 14.8 Å². The molecule has 0 unspecified atom stereocenters. The lowest BCUT2D eigenvalue weighted by atomic mass is 10.1. The van der Waals surface area contributed by atoms with Crippen LogP contribution in [-0.4, -0.2) is 30.9 Å². The van der Waals surface area contributed by atoms with E-state index in [1.807, 2.05) is 50.2 Å². The topological polar surface area (TPSA) is 76.7 Å². The van der Waals surface area contributed by atoms with Crippen LogP contribution in [0, 0.1) is 13.8 Å². The molecule has 0 spiro atoms. The fourth-order valence-corrected chi connectivity index (χ4v) is 3.38. The Labute approximate surface area is 162 Å². The second-order valence-corrected chi connectivity index (χ2v) is 7.32. The number of carbonyl (C=O) groups is 2. The molecule has 1 aliphatic heterocycles. The molecule has 2 aromatic rings. The minimum Gasteiger partial charge on any atom is -0.490 e. The molecule has 0 saturated carbocycles. The highest BCUT2D eigenvalue weighted by atomic mass is 32.2. The van der Waals surface area contributed by atoms with Crippen molar-refractivity contribution < 1.29 is 19.1 Å². The molecule has 0 saturated heterocycles. The predicted molar refractivity (Wildman–Crippen MR) is 106 cm³/mol. The van der Waals surface area contributed by atoms with Crippen molar-refractivity contribution in [2.24, 2.45) is 0 Å². The minimum absolute atomic E-state index is 0.125. The van der Waals surface area contributed by atoms with Gasteiger partial charge in [-0.2, -0.15) is 0 Å². The number of anilines is 1. The molecule has 0 fully saturated rings. The normalized spacial score (nSPS) is 12.8. The highest BCUT2D eigenvalue weighted by molar-refractivity contribution is 8.00. The Morgan fingerprint density at radius 1 is 1.04 bits per heavy atom. The third-order valence-electron chi connectivity index (χ3n) is 3.97. The molecule has 2 aromatic carbocycles. The number of aryl methyl sites for hydroxylation is 2. The van der Waals surface area contributed by atoms with Crippen LogP contribution < -0.4 is 20.1 Å². The summed E-state index contributed by atoms with van der Waals surface area (Å²) in [6.07, 6.45) is 0.842. The monoisotopic (exact) mass is 386 g/mol. The molecule has 1 heterocycles. The van der Waals surface area contributed by atoms with Gasteiger partial charge in [0.25, 0.3) is 0 Å². The molecule has 142 valence electrons. The number of amides is 3. The molecule has 6 nitrogen and oxygen atoms in total. The number of nitrogens with one attached hydrogen (secondary N) is 2. The Bertz CT molecular complexity index is 854. The average molecular weight is 386 g/mol. The van der Waals surface area contributed by atoms with Crippen LogP contribution in [-0.2, 0) is 4.79 Å². The molecule has 0 aromatic heterocycles. The average Bonchev–Trinajstić information content (AvgIpc) is 2.87. The van der Waals surface area contributed by atoms with Crippen LogP contribution in [0.2, 0.25) is 0 Å². The number of rotatable bonds is 4. The number of carbonyl (C=O) groups excluding carboxylic acids is 2. The van der Waals surface area contributed by atoms with E-state index in [0.717, 1.165) is 22.4 Å². The largest absolute Gasteiger partial charge is 0.490 e. The van der Waals surface area contributed by atoms with Gasteiger partial charge in [-0.25, -0.2) is 4.79 Å². The van der Waals surface area contributed by atoms with E-state index < -0.39 is 6.03 Å². The molecule has 0 bridgehead atoms. The SMILES string of the molecule is Cc1ccc(NC(=O)NC(=O)CSc2ccc3c(c2)OCCCO3)c(C)c1. The van der Waals surface area contributed by atoms with Crippen LogP contribution >= 0.6 is 11.8 Å². The molecule has 0 radical (unpaired) electrons. The van der Waals surface area contributed by atoms with E-state index in [2.05, 4.69) is 10.6 Å². The Morgan fingerprint density at radius 2 is 1.81 bits per heavy atom. The predicted octanol–water partition coefficient (Wildman–Crippen LogP) is 3.91. The smallest absolute Gasteiger partial charge is 0.325 e. The summed E-state index contributed by atoms with van der Waals surface area (Å²) in [5.41, 5.74) is 2.74. The number of benzene rings is 2. The Balaban J connectivity index is 1.50. The molecule has 1 aliphatic rings. The first kappa shape index (κ1) is 19.1. The highest BCUT2D eigenvalue weighted by Crippen LogP contribution is 2.33. The molecule has 7 heteroatoms. The van der Waals surface area contributed by atoms with Crippen LogP contribution in [0.3, 0.4) is 0 Å². The van der Waals surface area contributed by atoms with E-state index in [9.17, 15) is 9.59 Å². The fraction of sp³-hybridized carbons (Fsp3) is 0.300. The summed E-state index contributed by atoms with van der Waals surface area (Å²) in [6.45, 7) is 5.14. The van der Waals surface area contributed by atoms with Crippen LogP contribution in [0.4, 0.5) is 10.5 Å². The third-order valence-corrected chi connectivity index (χ3v) is 4.97. The van der Waals surface area contributed by atoms with Crippen LogP contribution in [0.5, 0.6) is 11.5 Å². The molecule has 3 amide bonds. The first-order valence-corrected chi connectivity index (χ1v) is 9.70. The maximum absolute atomic E-state index is 12.1. The summed E-state index contributed by atoms with van der Waals surface area (Å²) in [5, 5.41) is 5.04. The minimum atomic E-state index is -0.536. The summed E-state index contributed by atoms with van der Waals surface area (Å²) in [7, 11) is 0. The van der Waals surface area contributed by atoms with Gasteiger partial charge in [0.05, 0.1) is 19.0 Å². The number of imide groups is 1. The van der Waals surface area contributed by atoms with E-state index in [-0.39, 0.29) is 11.7 Å². The van der Waals surface area contributed by atoms with Gasteiger partial charge in [0.1, 0.15) is 0 Å². The Kier molecular flexibility index (Phi) is 6.24. The third kappa shape index (κ3) is 5.40. The van der Waals surface area contributed by atoms with E-state index in [0.29, 0.717) is 30.4 Å². The zero-order valence-electron chi connectivity index (χ0n) is 15.3. The highest BCUT2D eigenvalue weighted by Gasteiger charge is 2.13. The van der Waals surface area contributed by atoms with Gasteiger partial charge in [-0.15, -0.1) is 11.8 Å². The maximum atomic E-state index is 12.1. The number of urea groups is 1. The van der Waals surface area contributed by atoms with Crippen molar-refractivity contribution in [3.8, 4) is 11.5 Å². The summed E-state index contributed by atoms with van der Waals surface area (Å²) < 4.78 is 11.2. The fourth-order valence-electron chi connectivity index (χ4n) is 2.65. The van der Waals surface area contributed by atoms with E-state index in [4.69, 9.17) is 9.47 Å². The van der Waals surface area contributed by atoms with Gasteiger partial charge in [-0.05, 0) is 43.7 Å². The first-order valence-electron chi connectivity index (χ1n) is 8.72. The van der Waals surface area contributed by atoms with Gasteiger partial charge in [0.2, 0.25) is 5.91 Å². The number of thioether (sulfide) groups is 1. The van der Waals surface area contributed by atoms with Crippen molar-refractivity contribution in [2.75, 3.05) is 24.3 Å². The molecule has 0 aliphatic carbocycles. The van der Waals surface area contributed by atoms with Crippen molar-refractivity contribution in [2.45, 2.75) is 25.2 Å². The lowest BCUT2D eigenvalue weighted by Gasteiger charge is -2.10. The second-order valence-electron chi connectivity index (χ2n) is 6.27. The lowest BCUT2D eigenvalue weighted by Crippen LogP contribution is -2.35. The van der Waals surface area contributed by atoms with Crippen LogP contribution in [0.1, 0.15) is 17.5 Å². The molecule has 3 rings (SSSR count). The van der Waals surface area contributed by atoms with Gasteiger partial charge in [-0.3, -0.25) is 10.1 Å². The molecule has 27 heavy (non-hydrogen) atoms. The van der Waals surface area contributed by atoms with Crippen LogP contribution in [0.25, 0.3) is 0 Å². The van der Waals surface area contributed by atoms with E-state index in [1.165, 1.54) is 11.8 Å². The molecular formula is C20H22N2O4S. The summed E-state index contributed by atoms with van der Waals surface area (Å²) in [5.74, 6) is 1.16. The summed E-state index contributed by atoms with van der Waals surface area (Å²) in [4.78, 5) is 24.9. The van der Waals surface area contributed by atoms with E-state index >= 15 is 0 Å². The number of hydrogen-bond acceptors (Lipinski definition) is 5. The number of fused-ring (bicyclic) bond motifs is 1. The van der Waals surface area contributed by atoms with Crippen LogP contribution in [0.15, 0.2) is 41.3 Å². The zero-order chi connectivity index (χ0) is 19.2. The summed E-state index contributed by atoms with van der Waals surface area (Å²) >= 11 is 1.33. The Hall–Kier alpha value is -2.67. The second kappa shape index (κ2) is 8.81. The lowest BCUT2D eigenvalue weighted by molar-refractivity contribution is -0.117. The zero-order valence-corrected chi connectivity index (χ0v) is 16.2. The summed E-state index contributed by atoms with van der Waals surface area (Å²) in [6, 6.07) is 10.7. The van der Waals surface area contributed by atoms with Crippen molar-refractivity contribution in [3.63, 3.8) is 0 Å². The molecule has 0 atom stereocenters. The van der Waals surface area contributed by atoms with Gasteiger partial charge >= 0.3 is 6.03 Å². The van der Waals surface area contributed by atoms with Gasteiger partial charge in [0.15, 0.2) is 11.5 Å². The molecular weight excluding hydrogens is 364 g/mol.